The molecule has 1 aliphatic heterocycles. The third kappa shape index (κ3) is 5.55. The predicted molar refractivity (Wildman–Crippen MR) is 134 cm³/mol. The Labute approximate surface area is 202 Å². The van der Waals surface area contributed by atoms with Gasteiger partial charge in [0.05, 0.1) is 10.6 Å². The smallest absolute Gasteiger partial charge is 0.271 e. The van der Waals surface area contributed by atoms with E-state index in [2.05, 4.69) is 18.7 Å². The van der Waals surface area contributed by atoms with Gasteiger partial charge in [0, 0.05) is 31.6 Å². The molecule has 0 N–H and O–H groups in total. The van der Waals surface area contributed by atoms with Crippen LogP contribution in [0.3, 0.4) is 0 Å². The lowest BCUT2D eigenvalue weighted by Crippen LogP contribution is -2.39. The van der Waals surface area contributed by atoms with Crippen molar-refractivity contribution in [2.45, 2.75) is 84.5 Å². The van der Waals surface area contributed by atoms with Crippen LogP contribution in [0.15, 0.2) is 16.7 Å². The molecule has 0 unspecified atom stereocenters. The highest BCUT2D eigenvalue weighted by atomic mass is 32.1. The molecule has 0 bridgehead atoms. The number of carbonyl (C=O) groups excluding carboxylic acids is 2. The number of anilines is 1. The lowest BCUT2D eigenvalue weighted by atomic mass is 9.86. The molecular formula is C26H36N4O2S. The van der Waals surface area contributed by atoms with Crippen molar-refractivity contribution in [3.8, 4) is 6.07 Å². The molecule has 1 aromatic heterocycles. The zero-order valence-electron chi connectivity index (χ0n) is 20.4. The van der Waals surface area contributed by atoms with Gasteiger partial charge in [0.25, 0.3) is 11.8 Å². The first-order valence-electron chi connectivity index (χ1n) is 12.3. The van der Waals surface area contributed by atoms with Gasteiger partial charge in [-0.3, -0.25) is 14.5 Å². The summed E-state index contributed by atoms with van der Waals surface area (Å²) in [5, 5.41) is 10.5. The second-order valence-electron chi connectivity index (χ2n) is 9.11. The molecule has 0 atom stereocenters. The van der Waals surface area contributed by atoms with E-state index in [1.54, 1.807) is 18.3 Å². The minimum atomic E-state index is -0.528. The molecule has 3 rings (SSSR count). The SMILES string of the molecule is CCCCN(CCCC)c1nc(C2CCCCC2)c(/C=C2/C(=O)N(C)C(=O)C(C#N)=C2C)s1. The molecule has 178 valence electrons. The fraction of sp³-hybridized carbons (Fsp3) is 0.615. The summed E-state index contributed by atoms with van der Waals surface area (Å²) < 4.78 is 0. The fourth-order valence-corrected chi connectivity index (χ4v) is 5.71. The third-order valence-corrected chi connectivity index (χ3v) is 7.79. The molecule has 2 aliphatic rings. The molecule has 6 nitrogen and oxygen atoms in total. The average Bonchev–Trinajstić information content (AvgIpc) is 3.25. The molecule has 0 spiro atoms. The second kappa shape index (κ2) is 11.6. The summed E-state index contributed by atoms with van der Waals surface area (Å²) in [6.45, 7) is 8.08. The number of carbonyl (C=O) groups is 2. The van der Waals surface area contributed by atoms with Crippen LogP contribution in [0.1, 0.15) is 95.0 Å². The number of likely N-dealkylation sites (N-methyl/N-ethyl adjacent to an activating group) is 1. The van der Waals surface area contributed by atoms with Gasteiger partial charge in [-0.05, 0) is 44.3 Å². The largest absolute Gasteiger partial charge is 0.348 e. The van der Waals surface area contributed by atoms with Crippen LogP contribution >= 0.6 is 11.3 Å². The predicted octanol–water partition coefficient (Wildman–Crippen LogP) is 5.82. The van der Waals surface area contributed by atoms with Gasteiger partial charge in [0.1, 0.15) is 11.6 Å². The van der Waals surface area contributed by atoms with E-state index >= 15 is 0 Å². The maximum absolute atomic E-state index is 13.0. The molecule has 1 aromatic rings. The number of nitriles is 1. The van der Waals surface area contributed by atoms with E-state index in [1.165, 1.54) is 26.3 Å². The zero-order valence-corrected chi connectivity index (χ0v) is 21.3. The number of hydrogen-bond acceptors (Lipinski definition) is 6. The topological polar surface area (TPSA) is 77.3 Å². The van der Waals surface area contributed by atoms with E-state index in [4.69, 9.17) is 4.98 Å². The molecule has 1 aliphatic carbocycles. The van der Waals surface area contributed by atoms with Gasteiger partial charge >= 0.3 is 0 Å². The normalized spacial score (nSPS) is 18.9. The van der Waals surface area contributed by atoms with Crippen molar-refractivity contribution in [1.82, 2.24) is 9.88 Å². The average molecular weight is 469 g/mol. The van der Waals surface area contributed by atoms with Crippen LogP contribution in [0.25, 0.3) is 6.08 Å². The first-order valence-corrected chi connectivity index (χ1v) is 13.2. The van der Waals surface area contributed by atoms with E-state index < -0.39 is 5.91 Å². The van der Waals surface area contributed by atoms with Crippen LogP contribution in [0.2, 0.25) is 0 Å². The zero-order chi connectivity index (χ0) is 24.0. The number of rotatable bonds is 9. The van der Waals surface area contributed by atoms with Crippen LogP contribution in [0.4, 0.5) is 5.13 Å². The number of hydrogen-bond donors (Lipinski definition) is 0. The van der Waals surface area contributed by atoms with Gasteiger partial charge in [-0.25, -0.2) is 4.98 Å². The highest BCUT2D eigenvalue weighted by Gasteiger charge is 2.34. The minimum Gasteiger partial charge on any atom is -0.348 e. The quantitative estimate of drug-likeness (QED) is 0.337. The van der Waals surface area contributed by atoms with Gasteiger partial charge in [0.15, 0.2) is 5.13 Å². The van der Waals surface area contributed by atoms with Gasteiger partial charge in [-0.15, -0.1) is 0 Å². The lowest BCUT2D eigenvalue weighted by molar-refractivity contribution is -0.138. The summed E-state index contributed by atoms with van der Waals surface area (Å²) in [4.78, 5) is 35.0. The number of amides is 2. The van der Waals surface area contributed by atoms with E-state index in [0.29, 0.717) is 17.1 Å². The molecule has 0 saturated heterocycles. The summed E-state index contributed by atoms with van der Waals surface area (Å²) in [6.07, 6.45) is 12.3. The van der Waals surface area contributed by atoms with Gasteiger partial charge in [-0.1, -0.05) is 57.3 Å². The summed E-state index contributed by atoms with van der Waals surface area (Å²) in [6, 6.07) is 1.99. The maximum atomic E-state index is 13.0. The summed E-state index contributed by atoms with van der Waals surface area (Å²) in [7, 11) is 1.44. The minimum absolute atomic E-state index is 0.0415. The van der Waals surface area contributed by atoms with Crippen molar-refractivity contribution in [2.75, 3.05) is 25.0 Å². The van der Waals surface area contributed by atoms with E-state index in [-0.39, 0.29) is 11.5 Å². The number of thiazole rings is 1. The Balaban J connectivity index is 2.09. The summed E-state index contributed by atoms with van der Waals surface area (Å²) >= 11 is 1.65. The van der Waals surface area contributed by atoms with Gasteiger partial charge in [0.2, 0.25) is 0 Å². The van der Waals surface area contributed by atoms with Crippen molar-refractivity contribution in [3.05, 3.63) is 27.3 Å². The van der Waals surface area contributed by atoms with E-state index in [9.17, 15) is 14.9 Å². The Kier molecular flexibility index (Phi) is 8.85. The molecule has 33 heavy (non-hydrogen) atoms. The Morgan fingerprint density at radius 1 is 1.12 bits per heavy atom. The van der Waals surface area contributed by atoms with Crippen molar-refractivity contribution >= 4 is 34.4 Å². The second-order valence-corrected chi connectivity index (χ2v) is 10.1. The Morgan fingerprint density at radius 3 is 2.33 bits per heavy atom. The number of imide groups is 1. The molecule has 1 saturated carbocycles. The van der Waals surface area contributed by atoms with Gasteiger partial charge < -0.3 is 4.90 Å². The van der Waals surface area contributed by atoms with E-state index in [0.717, 1.165) is 72.2 Å². The van der Waals surface area contributed by atoms with Crippen molar-refractivity contribution in [3.63, 3.8) is 0 Å². The first kappa shape index (κ1) is 25.2. The van der Waals surface area contributed by atoms with E-state index in [1.807, 2.05) is 12.1 Å². The molecule has 7 heteroatoms. The van der Waals surface area contributed by atoms with Crippen molar-refractivity contribution < 1.29 is 9.59 Å². The summed E-state index contributed by atoms with van der Waals surface area (Å²) in [5.41, 5.74) is 2.01. The lowest BCUT2D eigenvalue weighted by Gasteiger charge is -2.24. The van der Waals surface area contributed by atoms with Crippen LogP contribution < -0.4 is 4.90 Å². The molecule has 0 aromatic carbocycles. The van der Waals surface area contributed by atoms with Gasteiger partial charge in [-0.2, -0.15) is 5.26 Å². The number of nitrogens with zero attached hydrogens (tertiary/aromatic N) is 4. The molecule has 1 fully saturated rings. The third-order valence-electron chi connectivity index (χ3n) is 6.72. The Morgan fingerprint density at radius 2 is 1.76 bits per heavy atom. The first-order chi connectivity index (χ1) is 15.9. The highest BCUT2D eigenvalue weighted by molar-refractivity contribution is 7.16. The summed E-state index contributed by atoms with van der Waals surface area (Å²) in [5.74, 6) is -0.484. The van der Waals surface area contributed by atoms with Crippen LogP contribution in [0, 0.1) is 11.3 Å². The maximum Gasteiger partial charge on any atom is 0.271 e. The number of unbranched alkanes of at least 4 members (excludes halogenated alkanes) is 2. The fourth-order valence-electron chi connectivity index (χ4n) is 4.57. The molecule has 2 heterocycles. The van der Waals surface area contributed by atoms with Crippen LogP contribution in [-0.4, -0.2) is 41.8 Å². The van der Waals surface area contributed by atoms with Crippen molar-refractivity contribution in [1.29, 1.82) is 5.26 Å². The molecule has 0 radical (unpaired) electrons. The standard InChI is InChI=1S/C26H36N4O2S/c1-5-7-14-30(15-8-6-2)26-28-23(19-12-10-9-11-13-19)22(33-26)16-20-18(3)21(17-27)25(32)29(4)24(20)31/h16,19H,5-15H2,1-4H3/b20-16+. The Bertz CT molecular complexity index is 971. The monoisotopic (exact) mass is 468 g/mol. The van der Waals surface area contributed by atoms with Crippen LogP contribution in [0.5, 0.6) is 0 Å². The van der Waals surface area contributed by atoms with Crippen molar-refractivity contribution in [2.24, 2.45) is 0 Å². The van der Waals surface area contributed by atoms with Crippen LogP contribution in [-0.2, 0) is 9.59 Å². The highest BCUT2D eigenvalue weighted by Crippen LogP contribution is 2.40. The molecular weight excluding hydrogens is 432 g/mol. The number of aromatic nitrogens is 1. The Hall–Kier alpha value is -2.46. The molecule has 2 amide bonds.